The number of allylic oxidation sites excluding steroid dienone is 1. The Balaban J connectivity index is 1.97. The van der Waals surface area contributed by atoms with Crippen molar-refractivity contribution in [3.8, 4) is 28.8 Å². The fraction of sp³-hybridized carbons (Fsp3) is 0.100. The van der Waals surface area contributed by atoms with E-state index in [-0.39, 0.29) is 5.82 Å². The van der Waals surface area contributed by atoms with Crippen LogP contribution in [-0.2, 0) is 0 Å². The monoisotopic (exact) mass is 366 g/mol. The summed E-state index contributed by atoms with van der Waals surface area (Å²) in [4.78, 5) is 4.52. The molecular formula is C20H15FN2O2S. The van der Waals surface area contributed by atoms with E-state index in [4.69, 9.17) is 9.47 Å². The molecule has 0 spiro atoms. The zero-order valence-corrected chi connectivity index (χ0v) is 15.0. The fourth-order valence-electron chi connectivity index (χ4n) is 2.42. The van der Waals surface area contributed by atoms with Crippen molar-refractivity contribution in [3.63, 3.8) is 0 Å². The van der Waals surface area contributed by atoms with Crippen molar-refractivity contribution >= 4 is 23.0 Å². The van der Waals surface area contributed by atoms with Crippen molar-refractivity contribution in [2.75, 3.05) is 14.2 Å². The van der Waals surface area contributed by atoms with Gasteiger partial charge >= 0.3 is 0 Å². The second-order valence-corrected chi connectivity index (χ2v) is 6.16. The van der Waals surface area contributed by atoms with Crippen LogP contribution in [0.4, 0.5) is 4.39 Å². The minimum absolute atomic E-state index is 0.312. The number of nitriles is 1. The third-order valence-electron chi connectivity index (χ3n) is 3.74. The van der Waals surface area contributed by atoms with Gasteiger partial charge in [-0.15, -0.1) is 11.3 Å². The Kier molecular flexibility index (Phi) is 5.30. The van der Waals surface area contributed by atoms with Crippen molar-refractivity contribution in [2.24, 2.45) is 0 Å². The Morgan fingerprint density at radius 3 is 2.62 bits per heavy atom. The van der Waals surface area contributed by atoms with E-state index in [1.54, 1.807) is 38.5 Å². The average molecular weight is 366 g/mol. The Labute approximate surface area is 154 Å². The minimum atomic E-state index is -0.378. The second-order valence-electron chi connectivity index (χ2n) is 5.30. The molecule has 0 radical (unpaired) electrons. The van der Waals surface area contributed by atoms with Gasteiger partial charge in [0.25, 0.3) is 0 Å². The first-order valence-corrected chi connectivity index (χ1v) is 8.59. The first-order valence-electron chi connectivity index (χ1n) is 7.71. The third kappa shape index (κ3) is 3.58. The Hall–Kier alpha value is -3.17. The molecule has 0 amide bonds. The zero-order valence-electron chi connectivity index (χ0n) is 14.2. The summed E-state index contributed by atoms with van der Waals surface area (Å²) in [6.07, 6.45) is 1.51. The van der Waals surface area contributed by atoms with Gasteiger partial charge in [0.1, 0.15) is 16.9 Å². The van der Waals surface area contributed by atoms with Crippen molar-refractivity contribution in [1.29, 1.82) is 5.26 Å². The van der Waals surface area contributed by atoms with Gasteiger partial charge in [-0.25, -0.2) is 9.37 Å². The smallest absolute Gasteiger partial charge is 0.161 e. The van der Waals surface area contributed by atoms with Crippen LogP contribution in [-0.4, -0.2) is 19.2 Å². The quantitative estimate of drug-likeness (QED) is 0.594. The van der Waals surface area contributed by atoms with E-state index in [9.17, 15) is 9.65 Å². The normalized spacial score (nSPS) is 11.1. The molecule has 0 bridgehead atoms. The lowest BCUT2D eigenvalue weighted by Crippen LogP contribution is -1.91. The Bertz CT molecular complexity index is 1010. The summed E-state index contributed by atoms with van der Waals surface area (Å²) in [5.74, 6) is 0.850. The van der Waals surface area contributed by atoms with Gasteiger partial charge in [0, 0.05) is 16.5 Å². The SMILES string of the molecule is COc1ccc(-c2csc(/C(C#N)=C/c3ccccc3F)n2)cc1OC. The Morgan fingerprint density at radius 2 is 1.92 bits per heavy atom. The number of ether oxygens (including phenoxy) is 2. The maximum absolute atomic E-state index is 13.8. The molecule has 0 aliphatic heterocycles. The predicted molar refractivity (Wildman–Crippen MR) is 101 cm³/mol. The van der Waals surface area contributed by atoms with E-state index >= 15 is 0 Å². The van der Waals surface area contributed by atoms with Gasteiger partial charge < -0.3 is 9.47 Å². The highest BCUT2D eigenvalue weighted by Crippen LogP contribution is 2.34. The molecule has 0 saturated carbocycles. The Morgan fingerprint density at radius 1 is 1.15 bits per heavy atom. The number of rotatable bonds is 5. The molecule has 2 aromatic carbocycles. The van der Waals surface area contributed by atoms with Gasteiger partial charge in [-0.1, -0.05) is 18.2 Å². The highest BCUT2D eigenvalue weighted by molar-refractivity contribution is 7.11. The van der Waals surface area contributed by atoms with Crippen LogP contribution in [0, 0.1) is 17.1 Å². The molecule has 1 heterocycles. The number of halogens is 1. The summed E-state index contributed by atoms with van der Waals surface area (Å²) >= 11 is 1.33. The largest absolute Gasteiger partial charge is 0.493 e. The third-order valence-corrected chi connectivity index (χ3v) is 4.61. The van der Waals surface area contributed by atoms with Crippen molar-refractivity contribution in [1.82, 2.24) is 4.98 Å². The first kappa shape index (κ1) is 17.6. The van der Waals surface area contributed by atoms with Crippen LogP contribution in [0.2, 0.25) is 0 Å². The molecule has 3 rings (SSSR count). The summed E-state index contributed by atoms with van der Waals surface area (Å²) in [7, 11) is 3.14. The number of methoxy groups -OCH3 is 2. The van der Waals surface area contributed by atoms with E-state index in [0.717, 1.165) is 5.56 Å². The molecular weight excluding hydrogens is 351 g/mol. The molecule has 1 aromatic heterocycles. The van der Waals surface area contributed by atoms with Crippen LogP contribution >= 0.6 is 11.3 Å². The molecule has 26 heavy (non-hydrogen) atoms. The predicted octanol–water partition coefficient (Wildman–Crippen LogP) is 5.03. The second kappa shape index (κ2) is 7.81. The molecule has 6 heteroatoms. The van der Waals surface area contributed by atoms with Crippen LogP contribution < -0.4 is 9.47 Å². The summed E-state index contributed by atoms with van der Waals surface area (Å²) in [5, 5.41) is 11.8. The molecule has 0 aliphatic carbocycles. The number of hydrogen-bond donors (Lipinski definition) is 0. The summed E-state index contributed by atoms with van der Waals surface area (Å²) in [5.41, 5.74) is 2.22. The lowest BCUT2D eigenvalue weighted by molar-refractivity contribution is 0.355. The maximum atomic E-state index is 13.8. The topological polar surface area (TPSA) is 55.1 Å². The van der Waals surface area contributed by atoms with Crippen LogP contribution in [0.1, 0.15) is 10.6 Å². The number of aromatic nitrogens is 1. The van der Waals surface area contributed by atoms with Gasteiger partial charge in [0.2, 0.25) is 0 Å². The average Bonchev–Trinajstić information content (AvgIpc) is 3.16. The molecule has 130 valence electrons. The van der Waals surface area contributed by atoms with Crippen LogP contribution in [0.25, 0.3) is 22.9 Å². The van der Waals surface area contributed by atoms with Gasteiger partial charge in [0.15, 0.2) is 11.5 Å². The van der Waals surface area contributed by atoms with Gasteiger partial charge in [0.05, 0.1) is 25.5 Å². The molecule has 0 fully saturated rings. The highest BCUT2D eigenvalue weighted by atomic mass is 32.1. The minimum Gasteiger partial charge on any atom is -0.493 e. The molecule has 4 nitrogen and oxygen atoms in total. The lowest BCUT2D eigenvalue weighted by Gasteiger charge is -2.08. The van der Waals surface area contributed by atoms with Crippen LogP contribution in [0.3, 0.4) is 0 Å². The van der Waals surface area contributed by atoms with E-state index in [1.165, 1.54) is 23.5 Å². The summed E-state index contributed by atoms with van der Waals surface area (Å²) in [6, 6.07) is 13.9. The van der Waals surface area contributed by atoms with Crippen LogP contribution in [0.15, 0.2) is 47.8 Å². The molecule has 0 aliphatic rings. The summed E-state index contributed by atoms with van der Waals surface area (Å²) < 4.78 is 24.4. The molecule has 3 aromatic rings. The number of benzene rings is 2. The lowest BCUT2D eigenvalue weighted by atomic mass is 10.1. The van der Waals surface area contributed by atoms with E-state index in [0.29, 0.717) is 33.3 Å². The molecule has 0 atom stereocenters. The standard InChI is InChI=1S/C20H15FN2O2S/c1-24-18-8-7-14(10-19(18)25-2)17-12-26-20(23-17)15(11-22)9-13-5-3-4-6-16(13)21/h3-10,12H,1-2H3/b15-9+. The number of hydrogen-bond acceptors (Lipinski definition) is 5. The molecule has 0 N–H and O–H groups in total. The van der Waals surface area contributed by atoms with Gasteiger partial charge in [-0.2, -0.15) is 5.26 Å². The highest BCUT2D eigenvalue weighted by Gasteiger charge is 2.12. The number of thiazole rings is 1. The van der Waals surface area contributed by atoms with E-state index in [2.05, 4.69) is 11.1 Å². The molecule has 0 saturated heterocycles. The molecule has 0 unspecified atom stereocenters. The van der Waals surface area contributed by atoms with Gasteiger partial charge in [-0.05, 0) is 30.3 Å². The first-order chi connectivity index (χ1) is 12.7. The fourth-order valence-corrected chi connectivity index (χ4v) is 3.21. The van der Waals surface area contributed by atoms with Crippen molar-refractivity contribution in [2.45, 2.75) is 0 Å². The summed E-state index contributed by atoms with van der Waals surface area (Å²) in [6.45, 7) is 0. The maximum Gasteiger partial charge on any atom is 0.161 e. The van der Waals surface area contributed by atoms with Gasteiger partial charge in [-0.3, -0.25) is 0 Å². The van der Waals surface area contributed by atoms with Crippen molar-refractivity contribution in [3.05, 3.63) is 64.2 Å². The van der Waals surface area contributed by atoms with E-state index in [1.807, 2.05) is 17.5 Å². The van der Waals surface area contributed by atoms with Crippen molar-refractivity contribution < 1.29 is 13.9 Å². The number of nitrogens with zero attached hydrogens (tertiary/aromatic N) is 2. The van der Waals surface area contributed by atoms with E-state index < -0.39 is 0 Å². The zero-order chi connectivity index (χ0) is 18.5. The van der Waals surface area contributed by atoms with Crippen LogP contribution in [0.5, 0.6) is 11.5 Å².